The van der Waals surface area contributed by atoms with Gasteiger partial charge >= 0.3 is 5.69 Å². The number of hydrogen-bond acceptors (Lipinski definition) is 3. The molecule has 5 rings (SSSR count). The zero-order valence-electron chi connectivity index (χ0n) is 12.6. The van der Waals surface area contributed by atoms with Gasteiger partial charge in [0.1, 0.15) is 17.6 Å². The number of para-hydroxylation sites is 2. The largest absolute Gasteiger partial charge is 0.370 e. The van der Waals surface area contributed by atoms with E-state index >= 15 is 0 Å². The summed E-state index contributed by atoms with van der Waals surface area (Å²) in [7, 11) is 0. The zero-order chi connectivity index (χ0) is 16.1. The molecular formula is C19H12N4O. The third-order valence-electron chi connectivity index (χ3n) is 4.27. The molecule has 0 bridgehead atoms. The van der Waals surface area contributed by atoms with E-state index in [2.05, 4.69) is 38.8 Å². The lowest BCUT2D eigenvalue weighted by Gasteiger charge is -2.09. The van der Waals surface area contributed by atoms with Gasteiger partial charge in [-0.2, -0.15) is 9.97 Å². The second kappa shape index (κ2) is 4.76. The number of fused-ring (bicyclic) bond motifs is 5. The molecule has 114 valence electrons. The maximum absolute atomic E-state index is 11.5. The first-order valence-corrected chi connectivity index (χ1v) is 7.66. The van der Waals surface area contributed by atoms with Gasteiger partial charge in [-0.25, -0.2) is 4.79 Å². The highest BCUT2D eigenvalue weighted by Gasteiger charge is 2.14. The molecule has 2 aromatic carbocycles. The van der Waals surface area contributed by atoms with Crippen LogP contribution in [0.1, 0.15) is 0 Å². The summed E-state index contributed by atoms with van der Waals surface area (Å²) < 4.78 is 4.04. The molecule has 0 saturated carbocycles. The maximum atomic E-state index is 11.5. The number of pyridine rings is 1. The van der Waals surface area contributed by atoms with Crippen molar-refractivity contribution in [1.82, 2.24) is 18.9 Å². The first-order chi connectivity index (χ1) is 11.8. The summed E-state index contributed by atoms with van der Waals surface area (Å²) in [5, 5.41) is 2.24. The Labute approximate surface area is 136 Å². The van der Waals surface area contributed by atoms with Crippen LogP contribution < -0.4 is 5.69 Å². The topological polar surface area (TPSA) is 52.2 Å². The van der Waals surface area contributed by atoms with E-state index in [1.54, 1.807) is 6.33 Å². The van der Waals surface area contributed by atoms with Gasteiger partial charge in [-0.1, -0.05) is 36.4 Å². The zero-order valence-corrected chi connectivity index (χ0v) is 12.6. The number of rotatable bonds is 1. The van der Waals surface area contributed by atoms with E-state index in [9.17, 15) is 4.79 Å². The quantitative estimate of drug-likeness (QED) is 0.478. The molecule has 3 heterocycles. The van der Waals surface area contributed by atoms with Crippen LogP contribution in [0.25, 0.3) is 33.3 Å². The molecule has 0 aliphatic rings. The minimum absolute atomic E-state index is 0.475. The second-order valence-corrected chi connectivity index (χ2v) is 5.63. The molecule has 0 radical (unpaired) electrons. The SMILES string of the molecule is O=c1ncn2c(ccc3c4ccccc4n(-c4ccccc4)c32)n1. The first kappa shape index (κ1) is 13.0. The van der Waals surface area contributed by atoms with E-state index in [-0.39, 0.29) is 0 Å². The number of aromatic nitrogens is 4. The molecule has 0 spiro atoms. The fraction of sp³-hybridized carbons (Fsp3) is 0. The van der Waals surface area contributed by atoms with Gasteiger partial charge in [0.2, 0.25) is 0 Å². The highest BCUT2D eigenvalue weighted by atomic mass is 16.1. The van der Waals surface area contributed by atoms with Gasteiger partial charge in [-0.3, -0.25) is 8.97 Å². The minimum Gasteiger partial charge on any atom is -0.295 e. The van der Waals surface area contributed by atoms with Crippen molar-refractivity contribution in [3.05, 3.63) is 83.5 Å². The Hall–Kier alpha value is -3.47. The molecule has 0 aliphatic heterocycles. The van der Waals surface area contributed by atoms with E-state index in [1.165, 1.54) is 0 Å². The maximum Gasteiger partial charge on any atom is 0.370 e. The summed E-state index contributed by atoms with van der Waals surface area (Å²) >= 11 is 0. The second-order valence-electron chi connectivity index (χ2n) is 5.63. The fourth-order valence-electron chi connectivity index (χ4n) is 3.28. The summed E-state index contributed by atoms with van der Waals surface area (Å²) in [6.07, 6.45) is 1.55. The van der Waals surface area contributed by atoms with Crippen molar-refractivity contribution in [3.8, 4) is 5.69 Å². The van der Waals surface area contributed by atoms with Crippen LogP contribution in [0.4, 0.5) is 0 Å². The Bertz CT molecular complexity index is 1270. The van der Waals surface area contributed by atoms with Crippen molar-refractivity contribution in [2.24, 2.45) is 0 Å². The smallest absolute Gasteiger partial charge is 0.295 e. The van der Waals surface area contributed by atoms with Crippen LogP contribution in [0.15, 0.2) is 77.9 Å². The van der Waals surface area contributed by atoms with E-state index in [4.69, 9.17) is 0 Å². The Morgan fingerprint density at radius 2 is 1.58 bits per heavy atom. The highest BCUT2D eigenvalue weighted by Crippen LogP contribution is 2.31. The molecule has 0 saturated heterocycles. The van der Waals surface area contributed by atoms with Gasteiger partial charge < -0.3 is 0 Å². The van der Waals surface area contributed by atoms with Crippen molar-refractivity contribution < 1.29 is 0 Å². The van der Waals surface area contributed by atoms with Crippen molar-refractivity contribution >= 4 is 27.6 Å². The van der Waals surface area contributed by atoms with Gasteiger partial charge in [0.25, 0.3) is 0 Å². The highest BCUT2D eigenvalue weighted by molar-refractivity contribution is 6.08. The summed E-state index contributed by atoms with van der Waals surface area (Å²) in [5.74, 6) is 0. The van der Waals surface area contributed by atoms with Gasteiger partial charge in [0.15, 0.2) is 0 Å². The van der Waals surface area contributed by atoms with Crippen molar-refractivity contribution in [2.45, 2.75) is 0 Å². The molecule has 0 atom stereocenters. The number of hydrogen-bond donors (Lipinski definition) is 0. The lowest BCUT2D eigenvalue weighted by molar-refractivity contribution is 0.962. The lowest BCUT2D eigenvalue weighted by atomic mass is 10.2. The van der Waals surface area contributed by atoms with Crippen LogP contribution in [0.3, 0.4) is 0 Å². The molecule has 3 aromatic heterocycles. The van der Waals surface area contributed by atoms with Crippen LogP contribution in [0.5, 0.6) is 0 Å². The first-order valence-electron chi connectivity index (χ1n) is 7.66. The van der Waals surface area contributed by atoms with Gasteiger partial charge in [-0.05, 0) is 30.3 Å². The standard InChI is InChI=1S/C19H12N4O/c24-19-20-12-22-17(21-19)11-10-15-14-8-4-5-9-16(14)23(18(15)22)13-6-2-1-3-7-13/h1-12H. The molecule has 0 aliphatic carbocycles. The van der Waals surface area contributed by atoms with Crippen molar-refractivity contribution in [2.75, 3.05) is 0 Å². The minimum atomic E-state index is -0.475. The van der Waals surface area contributed by atoms with Gasteiger partial charge in [0.05, 0.1) is 5.52 Å². The Morgan fingerprint density at radius 3 is 2.46 bits per heavy atom. The summed E-state index contributed by atoms with van der Waals surface area (Å²) in [5.41, 5.74) is 3.21. The van der Waals surface area contributed by atoms with Crippen LogP contribution in [-0.2, 0) is 0 Å². The third kappa shape index (κ3) is 1.72. The number of nitrogens with zero attached hydrogens (tertiary/aromatic N) is 4. The van der Waals surface area contributed by atoms with Crippen LogP contribution in [0.2, 0.25) is 0 Å². The Morgan fingerprint density at radius 1 is 0.792 bits per heavy atom. The molecule has 5 aromatic rings. The van der Waals surface area contributed by atoms with Crippen molar-refractivity contribution in [3.63, 3.8) is 0 Å². The lowest BCUT2D eigenvalue weighted by Crippen LogP contribution is -2.13. The Kier molecular flexibility index (Phi) is 2.58. The average Bonchev–Trinajstić information content (AvgIpc) is 2.97. The van der Waals surface area contributed by atoms with E-state index in [0.29, 0.717) is 5.65 Å². The summed E-state index contributed by atoms with van der Waals surface area (Å²) in [6.45, 7) is 0. The van der Waals surface area contributed by atoms with E-state index in [0.717, 1.165) is 27.6 Å². The summed E-state index contributed by atoms with van der Waals surface area (Å²) in [4.78, 5) is 19.4. The van der Waals surface area contributed by atoms with E-state index in [1.807, 2.05) is 46.9 Å². The average molecular weight is 312 g/mol. The van der Waals surface area contributed by atoms with Crippen molar-refractivity contribution in [1.29, 1.82) is 0 Å². The van der Waals surface area contributed by atoms with Crippen LogP contribution >= 0.6 is 0 Å². The van der Waals surface area contributed by atoms with Gasteiger partial charge in [0, 0.05) is 16.5 Å². The summed E-state index contributed by atoms with van der Waals surface area (Å²) in [6, 6.07) is 22.3. The normalized spacial score (nSPS) is 11.5. The monoisotopic (exact) mass is 312 g/mol. The van der Waals surface area contributed by atoms with Crippen LogP contribution in [0, 0.1) is 0 Å². The third-order valence-corrected chi connectivity index (χ3v) is 4.27. The Balaban J connectivity index is 2.09. The molecular weight excluding hydrogens is 300 g/mol. The van der Waals surface area contributed by atoms with Gasteiger partial charge in [-0.15, -0.1) is 0 Å². The molecule has 0 unspecified atom stereocenters. The molecule has 5 nitrogen and oxygen atoms in total. The molecule has 24 heavy (non-hydrogen) atoms. The molecule has 0 amide bonds. The predicted octanol–water partition coefficient (Wildman–Crippen LogP) is 3.19. The molecule has 5 heteroatoms. The predicted molar refractivity (Wildman–Crippen MR) is 93.6 cm³/mol. The molecule has 0 fully saturated rings. The molecule has 0 N–H and O–H groups in total. The fourth-order valence-corrected chi connectivity index (χ4v) is 3.28. The van der Waals surface area contributed by atoms with E-state index < -0.39 is 5.69 Å². The number of benzene rings is 2. The van der Waals surface area contributed by atoms with Crippen LogP contribution in [-0.4, -0.2) is 18.9 Å².